The third kappa shape index (κ3) is 3.19. The molecule has 0 amide bonds. The molecule has 0 saturated carbocycles. The average Bonchev–Trinajstić information content (AvgIpc) is 2.30. The van der Waals surface area contributed by atoms with Crippen molar-refractivity contribution in [3.8, 4) is 0 Å². The molecule has 0 aliphatic rings. The Kier molecular flexibility index (Phi) is 5.09. The second-order valence-corrected chi connectivity index (χ2v) is 4.81. The van der Waals surface area contributed by atoms with Crippen molar-refractivity contribution >= 4 is 37.5 Å². The summed E-state index contributed by atoms with van der Waals surface area (Å²) in [4.78, 5) is 0. The van der Waals surface area contributed by atoms with Gasteiger partial charge in [0.1, 0.15) is 0 Å². The molecule has 0 radical (unpaired) electrons. The van der Waals surface area contributed by atoms with Gasteiger partial charge in [0.15, 0.2) is 0 Å². The first-order valence-electron chi connectivity index (χ1n) is 4.53. The van der Waals surface area contributed by atoms with Crippen LogP contribution in [0.25, 0.3) is 0 Å². The summed E-state index contributed by atoms with van der Waals surface area (Å²) in [5.41, 5.74) is 6.18. The van der Waals surface area contributed by atoms with Gasteiger partial charge in [0.2, 0.25) is 0 Å². The number of rotatable bonds is 2. The van der Waals surface area contributed by atoms with Crippen LogP contribution >= 0.6 is 8.07 Å². The van der Waals surface area contributed by atoms with Crippen LogP contribution in [0.3, 0.4) is 0 Å². The van der Waals surface area contributed by atoms with E-state index >= 15 is 0 Å². The van der Waals surface area contributed by atoms with Crippen LogP contribution in [0, 0.1) is 0 Å². The van der Waals surface area contributed by atoms with Crippen molar-refractivity contribution in [3.05, 3.63) is 60.7 Å². The topological polar surface area (TPSA) is 26.0 Å². The zero-order valence-corrected chi connectivity index (χ0v) is 8.69. The van der Waals surface area contributed by atoms with Crippen molar-refractivity contribution in [2.24, 2.45) is 5.50 Å². The Morgan fingerprint density at radius 1 is 0.667 bits per heavy atom. The molecule has 2 rings (SSSR count). The molecule has 15 heavy (non-hydrogen) atoms. The quantitative estimate of drug-likeness (QED) is 0.586. The number of hydrogen-bond donors (Lipinski definition) is 1. The van der Waals surface area contributed by atoms with E-state index < -0.39 is 8.07 Å². The fraction of sp³-hybridized carbons (Fsp3) is 0. The summed E-state index contributed by atoms with van der Waals surface area (Å²) in [6.07, 6.45) is 0. The summed E-state index contributed by atoms with van der Waals surface area (Å²) in [6, 6.07) is 20.5. The monoisotopic (exact) mass is 209 g/mol. The Morgan fingerprint density at radius 3 is 1.33 bits per heavy atom. The molecule has 0 aromatic heterocycles. The van der Waals surface area contributed by atoms with Gasteiger partial charge in [-0.3, -0.25) is 0 Å². The summed E-state index contributed by atoms with van der Waals surface area (Å²) < 4.78 is 0. The van der Waals surface area contributed by atoms with Crippen LogP contribution in [0.15, 0.2) is 60.7 Å². The molecule has 0 spiro atoms. The van der Waals surface area contributed by atoms with E-state index in [1.165, 1.54) is 10.6 Å². The zero-order valence-electron chi connectivity index (χ0n) is 7.80. The predicted octanol–water partition coefficient (Wildman–Crippen LogP) is 1.34. The molecule has 0 unspecified atom stereocenters. The first kappa shape index (κ1) is 12.5. The summed E-state index contributed by atoms with van der Waals surface area (Å²) >= 11 is 0. The summed E-state index contributed by atoms with van der Waals surface area (Å²) in [5, 5.41) is 2.43. The van der Waals surface area contributed by atoms with Gasteiger partial charge in [-0.2, -0.15) is 0 Å². The van der Waals surface area contributed by atoms with E-state index in [-0.39, 0.29) is 18.9 Å². The molecule has 0 fully saturated rings. The van der Waals surface area contributed by atoms with Crippen LogP contribution in [0.2, 0.25) is 0 Å². The third-order valence-electron chi connectivity index (χ3n) is 2.07. The van der Waals surface area contributed by atoms with Crippen molar-refractivity contribution in [1.29, 1.82) is 0 Å². The minimum absolute atomic E-state index is 0. The van der Waals surface area contributed by atoms with E-state index in [9.17, 15) is 0 Å². The van der Waals surface area contributed by atoms with Gasteiger partial charge in [-0.1, -0.05) is 60.7 Å². The molecule has 0 saturated heterocycles. The maximum absolute atomic E-state index is 6.18. The van der Waals surface area contributed by atoms with Crippen LogP contribution < -0.4 is 16.1 Å². The second kappa shape index (κ2) is 6.11. The van der Waals surface area contributed by atoms with Gasteiger partial charge < -0.3 is 5.50 Å². The molecule has 72 valence electrons. The van der Waals surface area contributed by atoms with E-state index in [1.807, 2.05) is 36.4 Å². The fourth-order valence-electron chi connectivity index (χ4n) is 1.33. The summed E-state index contributed by atoms with van der Waals surface area (Å²) in [6.45, 7) is 0. The molecule has 0 aliphatic carbocycles. The van der Waals surface area contributed by atoms with E-state index in [0.29, 0.717) is 0 Å². The van der Waals surface area contributed by atoms with Gasteiger partial charge in [-0.15, -0.1) is 0 Å². The summed E-state index contributed by atoms with van der Waals surface area (Å²) in [7, 11) is -0.671. The molecule has 3 heteroatoms. The SMILES string of the molecule is NP(c1ccccc1)c1ccccc1.[LiH]. The van der Waals surface area contributed by atoms with E-state index in [2.05, 4.69) is 24.3 Å². The van der Waals surface area contributed by atoms with Crippen molar-refractivity contribution in [1.82, 2.24) is 0 Å². The van der Waals surface area contributed by atoms with Crippen LogP contribution in [-0.4, -0.2) is 18.9 Å². The normalized spacial score (nSPS) is 9.73. The van der Waals surface area contributed by atoms with E-state index in [4.69, 9.17) is 5.50 Å². The Hall–Kier alpha value is -0.573. The fourth-order valence-corrected chi connectivity index (χ4v) is 2.61. The van der Waals surface area contributed by atoms with Gasteiger partial charge in [-0.05, 0) is 10.6 Å². The molecule has 2 N–H and O–H groups in total. The molecule has 0 aliphatic heterocycles. The van der Waals surface area contributed by atoms with Gasteiger partial charge in [-0.25, -0.2) is 0 Å². The average molecular weight is 209 g/mol. The predicted molar refractivity (Wildman–Crippen MR) is 70.4 cm³/mol. The molecular formula is C12H13LiNP. The molecule has 0 bridgehead atoms. The van der Waals surface area contributed by atoms with E-state index in [1.54, 1.807) is 0 Å². The molecule has 0 heterocycles. The Bertz CT molecular complexity index is 351. The number of benzene rings is 2. The Morgan fingerprint density at radius 2 is 1.00 bits per heavy atom. The molecule has 2 aromatic rings. The van der Waals surface area contributed by atoms with Crippen LogP contribution in [-0.2, 0) is 0 Å². The van der Waals surface area contributed by atoms with Crippen molar-refractivity contribution in [2.75, 3.05) is 0 Å². The van der Waals surface area contributed by atoms with Gasteiger partial charge >= 0.3 is 18.9 Å². The summed E-state index contributed by atoms with van der Waals surface area (Å²) in [5.74, 6) is 0. The zero-order chi connectivity index (χ0) is 9.80. The maximum atomic E-state index is 6.18. The molecule has 0 atom stereocenters. The van der Waals surface area contributed by atoms with Crippen molar-refractivity contribution < 1.29 is 0 Å². The van der Waals surface area contributed by atoms with Crippen LogP contribution in [0.4, 0.5) is 0 Å². The molecule has 2 aromatic carbocycles. The standard InChI is InChI=1S/C12H12NP.Li.H/c13-14(11-7-3-1-4-8-11)12-9-5-2-6-10-12;;/h1-10H,13H2;;. The van der Waals surface area contributed by atoms with Crippen molar-refractivity contribution in [3.63, 3.8) is 0 Å². The minimum atomic E-state index is -0.671. The van der Waals surface area contributed by atoms with Crippen LogP contribution in [0.1, 0.15) is 0 Å². The Labute approximate surface area is 104 Å². The number of hydrogen-bond acceptors (Lipinski definition) is 1. The van der Waals surface area contributed by atoms with Gasteiger partial charge in [0.05, 0.1) is 0 Å². The Balaban J connectivity index is 0.00000112. The van der Waals surface area contributed by atoms with E-state index in [0.717, 1.165) is 0 Å². The third-order valence-corrected chi connectivity index (χ3v) is 3.78. The molecular weight excluding hydrogens is 196 g/mol. The first-order valence-corrected chi connectivity index (χ1v) is 5.94. The first-order chi connectivity index (χ1) is 6.88. The van der Waals surface area contributed by atoms with Crippen LogP contribution in [0.5, 0.6) is 0 Å². The second-order valence-electron chi connectivity index (χ2n) is 3.04. The van der Waals surface area contributed by atoms with Gasteiger partial charge in [0.25, 0.3) is 0 Å². The number of nitrogens with two attached hydrogens (primary N) is 1. The van der Waals surface area contributed by atoms with Crippen molar-refractivity contribution in [2.45, 2.75) is 0 Å². The van der Waals surface area contributed by atoms with Gasteiger partial charge in [0, 0.05) is 8.07 Å². The molecule has 1 nitrogen and oxygen atoms in total.